The van der Waals surface area contributed by atoms with E-state index in [0.29, 0.717) is 24.0 Å². The van der Waals surface area contributed by atoms with Gasteiger partial charge in [-0.25, -0.2) is 0 Å². The Morgan fingerprint density at radius 2 is 2.33 bits per heavy atom. The molecule has 0 aromatic heterocycles. The summed E-state index contributed by atoms with van der Waals surface area (Å²) in [7, 11) is 0. The Balaban J connectivity index is 2.13. The number of aliphatic hydroxyl groups is 1. The summed E-state index contributed by atoms with van der Waals surface area (Å²) >= 11 is 0. The number of fused-ring (bicyclic) bond motifs is 1. The third-order valence-electron chi connectivity index (χ3n) is 3.47. The Kier molecular flexibility index (Phi) is 1.93. The van der Waals surface area contributed by atoms with E-state index < -0.39 is 0 Å². The molecule has 0 amide bonds. The summed E-state index contributed by atoms with van der Waals surface area (Å²) in [6, 6.07) is 0.170. The fraction of sp³-hybridized carbons (Fsp3) is 0.889. The standard InChI is InChI=1S/C9H15NO2/c1-5-7-3-10-8(4-11)6(7)2-9(5)12/h5-8,10-11H,2-4H2,1H3/t5-,6-,7+,8+/m0/s1. The first-order valence-electron chi connectivity index (χ1n) is 4.61. The first kappa shape index (κ1) is 8.20. The average molecular weight is 169 g/mol. The lowest BCUT2D eigenvalue weighted by Crippen LogP contribution is -2.31. The van der Waals surface area contributed by atoms with Crippen molar-refractivity contribution in [3.63, 3.8) is 0 Å². The third kappa shape index (κ3) is 1.00. The van der Waals surface area contributed by atoms with Gasteiger partial charge in [0.15, 0.2) is 0 Å². The minimum Gasteiger partial charge on any atom is -0.395 e. The minimum atomic E-state index is 0.168. The zero-order valence-electron chi connectivity index (χ0n) is 7.29. The summed E-state index contributed by atoms with van der Waals surface area (Å²) in [5.41, 5.74) is 0. The van der Waals surface area contributed by atoms with Crippen LogP contribution in [0.4, 0.5) is 0 Å². The monoisotopic (exact) mass is 169 g/mol. The Bertz CT molecular complexity index is 205. The smallest absolute Gasteiger partial charge is 0.136 e. The number of ketones is 1. The van der Waals surface area contributed by atoms with Gasteiger partial charge in [-0.3, -0.25) is 4.79 Å². The summed E-state index contributed by atoms with van der Waals surface area (Å²) in [4.78, 5) is 11.3. The van der Waals surface area contributed by atoms with Crippen LogP contribution in [0.2, 0.25) is 0 Å². The molecule has 2 fully saturated rings. The molecular weight excluding hydrogens is 154 g/mol. The van der Waals surface area contributed by atoms with Gasteiger partial charge >= 0.3 is 0 Å². The number of hydrogen-bond donors (Lipinski definition) is 2. The van der Waals surface area contributed by atoms with E-state index in [1.165, 1.54) is 0 Å². The maximum atomic E-state index is 11.3. The molecule has 0 spiro atoms. The summed E-state index contributed by atoms with van der Waals surface area (Å²) in [6.07, 6.45) is 0.671. The van der Waals surface area contributed by atoms with Crippen molar-refractivity contribution < 1.29 is 9.90 Å². The van der Waals surface area contributed by atoms with Crippen LogP contribution in [0.15, 0.2) is 0 Å². The van der Waals surface area contributed by atoms with E-state index in [2.05, 4.69) is 5.32 Å². The Labute approximate surface area is 72.2 Å². The molecule has 1 heterocycles. The van der Waals surface area contributed by atoms with Crippen molar-refractivity contribution in [3.8, 4) is 0 Å². The van der Waals surface area contributed by atoms with Gasteiger partial charge in [-0.05, 0) is 18.4 Å². The van der Waals surface area contributed by atoms with E-state index >= 15 is 0 Å². The molecular formula is C9H15NO2. The highest BCUT2D eigenvalue weighted by atomic mass is 16.3. The van der Waals surface area contributed by atoms with E-state index in [9.17, 15) is 4.79 Å². The van der Waals surface area contributed by atoms with Gasteiger partial charge < -0.3 is 10.4 Å². The molecule has 68 valence electrons. The molecule has 1 aliphatic heterocycles. The molecule has 2 rings (SSSR count). The lowest BCUT2D eigenvalue weighted by molar-refractivity contribution is -0.120. The number of rotatable bonds is 1. The lowest BCUT2D eigenvalue weighted by Gasteiger charge is -2.14. The molecule has 1 saturated heterocycles. The van der Waals surface area contributed by atoms with E-state index in [-0.39, 0.29) is 18.6 Å². The highest BCUT2D eigenvalue weighted by Crippen LogP contribution is 2.39. The summed E-state index contributed by atoms with van der Waals surface area (Å²) < 4.78 is 0. The van der Waals surface area contributed by atoms with E-state index in [0.717, 1.165) is 6.54 Å². The number of carbonyl (C=O) groups excluding carboxylic acids is 1. The highest BCUT2D eigenvalue weighted by molar-refractivity contribution is 5.83. The quantitative estimate of drug-likeness (QED) is 0.571. The number of carbonyl (C=O) groups is 1. The van der Waals surface area contributed by atoms with Crippen molar-refractivity contribution >= 4 is 5.78 Å². The van der Waals surface area contributed by atoms with Crippen LogP contribution >= 0.6 is 0 Å². The Morgan fingerprint density at radius 1 is 1.58 bits per heavy atom. The second kappa shape index (κ2) is 2.82. The summed E-state index contributed by atoms with van der Waals surface area (Å²) in [6.45, 7) is 3.08. The SMILES string of the molecule is C[C@@H]1C(=O)C[C@H]2[C@@H]1CN[C@@H]2CO. The lowest BCUT2D eigenvalue weighted by atomic mass is 9.90. The molecule has 0 aromatic carbocycles. The van der Waals surface area contributed by atoms with Crippen molar-refractivity contribution in [2.24, 2.45) is 17.8 Å². The fourth-order valence-electron chi connectivity index (χ4n) is 2.59. The zero-order valence-corrected chi connectivity index (χ0v) is 7.29. The van der Waals surface area contributed by atoms with E-state index in [1.54, 1.807) is 0 Å². The number of Topliss-reactive ketones (excluding diaryl/α,β-unsaturated/α-hetero) is 1. The molecule has 1 saturated carbocycles. The molecule has 3 nitrogen and oxygen atoms in total. The number of aliphatic hydroxyl groups excluding tert-OH is 1. The molecule has 1 aliphatic carbocycles. The van der Waals surface area contributed by atoms with Crippen LogP contribution in [0.25, 0.3) is 0 Å². The molecule has 0 radical (unpaired) electrons. The van der Waals surface area contributed by atoms with Gasteiger partial charge in [0.2, 0.25) is 0 Å². The average Bonchev–Trinajstić information content (AvgIpc) is 2.55. The van der Waals surface area contributed by atoms with Gasteiger partial charge in [0.25, 0.3) is 0 Å². The van der Waals surface area contributed by atoms with Crippen LogP contribution in [-0.2, 0) is 4.79 Å². The van der Waals surface area contributed by atoms with Crippen LogP contribution < -0.4 is 5.32 Å². The van der Waals surface area contributed by atoms with Gasteiger partial charge in [-0.1, -0.05) is 6.92 Å². The molecule has 0 unspecified atom stereocenters. The van der Waals surface area contributed by atoms with Gasteiger partial charge in [0.05, 0.1) is 6.61 Å². The zero-order chi connectivity index (χ0) is 8.72. The third-order valence-corrected chi connectivity index (χ3v) is 3.47. The molecule has 4 atom stereocenters. The Hall–Kier alpha value is -0.410. The van der Waals surface area contributed by atoms with Crippen LogP contribution in [0.1, 0.15) is 13.3 Å². The van der Waals surface area contributed by atoms with Crippen LogP contribution in [0.5, 0.6) is 0 Å². The summed E-state index contributed by atoms with van der Waals surface area (Å²) in [5.74, 6) is 1.47. The van der Waals surface area contributed by atoms with E-state index in [4.69, 9.17) is 5.11 Å². The van der Waals surface area contributed by atoms with Crippen LogP contribution in [0.3, 0.4) is 0 Å². The normalized spacial score (nSPS) is 46.7. The molecule has 12 heavy (non-hydrogen) atoms. The van der Waals surface area contributed by atoms with E-state index in [1.807, 2.05) is 6.92 Å². The maximum Gasteiger partial charge on any atom is 0.136 e. The number of hydrogen-bond acceptors (Lipinski definition) is 3. The highest BCUT2D eigenvalue weighted by Gasteiger charge is 2.46. The topological polar surface area (TPSA) is 49.3 Å². The first-order chi connectivity index (χ1) is 5.74. The predicted octanol–water partition coefficient (Wildman–Crippen LogP) is -0.208. The number of nitrogens with one attached hydrogen (secondary N) is 1. The molecule has 0 aromatic rings. The largest absolute Gasteiger partial charge is 0.395 e. The molecule has 0 bridgehead atoms. The van der Waals surface area contributed by atoms with Crippen molar-refractivity contribution in [3.05, 3.63) is 0 Å². The minimum absolute atomic E-state index is 0.168. The van der Waals surface area contributed by atoms with Gasteiger partial charge in [-0.15, -0.1) is 0 Å². The van der Waals surface area contributed by atoms with Crippen molar-refractivity contribution in [1.29, 1.82) is 0 Å². The molecule has 2 aliphatic rings. The summed E-state index contributed by atoms with van der Waals surface area (Å²) in [5, 5.41) is 12.3. The van der Waals surface area contributed by atoms with Gasteiger partial charge in [-0.2, -0.15) is 0 Å². The van der Waals surface area contributed by atoms with Gasteiger partial charge in [0.1, 0.15) is 5.78 Å². The van der Waals surface area contributed by atoms with Gasteiger partial charge in [0, 0.05) is 18.4 Å². The van der Waals surface area contributed by atoms with Crippen molar-refractivity contribution in [1.82, 2.24) is 5.32 Å². The maximum absolute atomic E-state index is 11.3. The second-order valence-electron chi connectivity index (χ2n) is 3.98. The van der Waals surface area contributed by atoms with Crippen LogP contribution in [-0.4, -0.2) is 30.1 Å². The molecule has 3 heteroatoms. The Morgan fingerprint density at radius 3 is 3.00 bits per heavy atom. The molecule has 2 N–H and O–H groups in total. The predicted molar refractivity (Wildman–Crippen MR) is 44.6 cm³/mol. The van der Waals surface area contributed by atoms with Crippen molar-refractivity contribution in [2.45, 2.75) is 19.4 Å². The van der Waals surface area contributed by atoms with Crippen LogP contribution in [0, 0.1) is 17.8 Å². The first-order valence-corrected chi connectivity index (χ1v) is 4.61. The fourth-order valence-corrected chi connectivity index (χ4v) is 2.59. The second-order valence-corrected chi connectivity index (χ2v) is 3.98. The van der Waals surface area contributed by atoms with Crippen molar-refractivity contribution in [2.75, 3.05) is 13.2 Å².